The Kier molecular flexibility index (Phi) is 8.92. The highest BCUT2D eigenvalue weighted by molar-refractivity contribution is 7.91. The lowest BCUT2D eigenvalue weighted by Crippen LogP contribution is -2.32. The van der Waals surface area contributed by atoms with E-state index in [0.717, 1.165) is 16.7 Å². The molecule has 4 aromatic rings. The van der Waals surface area contributed by atoms with E-state index in [1.54, 1.807) is 56.4 Å². The molecule has 212 valence electrons. The van der Waals surface area contributed by atoms with Crippen LogP contribution in [0.1, 0.15) is 48.3 Å². The van der Waals surface area contributed by atoms with E-state index < -0.39 is 33.0 Å². The van der Waals surface area contributed by atoms with Crippen LogP contribution in [0.5, 0.6) is 5.75 Å². The van der Waals surface area contributed by atoms with Crippen LogP contribution in [0.15, 0.2) is 49.1 Å². The molecule has 3 heterocycles. The van der Waals surface area contributed by atoms with Crippen LogP contribution in [0.2, 0.25) is 0 Å². The average Bonchev–Trinajstić information content (AvgIpc) is 3.31. The summed E-state index contributed by atoms with van der Waals surface area (Å²) in [6.45, 7) is 8.69. The van der Waals surface area contributed by atoms with E-state index in [1.165, 1.54) is 0 Å². The van der Waals surface area contributed by atoms with E-state index in [4.69, 9.17) is 9.47 Å². The molecule has 3 aromatic heterocycles. The van der Waals surface area contributed by atoms with E-state index >= 15 is 0 Å². The number of ether oxygens (including phenoxy) is 2. The van der Waals surface area contributed by atoms with Crippen molar-refractivity contribution in [3.05, 3.63) is 77.4 Å². The fourth-order valence-corrected chi connectivity index (χ4v) is 5.69. The maximum atomic E-state index is 13.9. The lowest BCUT2D eigenvalue weighted by Gasteiger charge is -2.24. The SMILES string of the molecule is COc1cccc(C)c1-n1c(CS(=O)(=O)[C@H](C)[C@H](OC[C@@H](C)O)c2ncc(C)cn2)nnc1-c1cncc(C)c1. The molecule has 12 heteroatoms. The molecule has 0 aliphatic heterocycles. The predicted molar refractivity (Wildman–Crippen MR) is 150 cm³/mol. The van der Waals surface area contributed by atoms with Crippen LogP contribution in [-0.4, -0.2) is 68.3 Å². The zero-order valence-electron chi connectivity index (χ0n) is 23.4. The number of rotatable bonds is 11. The van der Waals surface area contributed by atoms with Crippen LogP contribution in [0.25, 0.3) is 17.1 Å². The van der Waals surface area contributed by atoms with Gasteiger partial charge in [-0.05, 0) is 63.4 Å². The Morgan fingerprint density at radius 3 is 2.38 bits per heavy atom. The summed E-state index contributed by atoms with van der Waals surface area (Å²) < 4.78 is 41.1. The number of sulfone groups is 1. The first kappa shape index (κ1) is 29.2. The Morgan fingerprint density at radius 1 is 1.00 bits per heavy atom. The zero-order valence-corrected chi connectivity index (χ0v) is 24.3. The lowest BCUT2D eigenvalue weighted by molar-refractivity contribution is -0.00774. The molecule has 0 aliphatic rings. The third-order valence-electron chi connectivity index (χ3n) is 6.40. The molecule has 0 spiro atoms. The summed E-state index contributed by atoms with van der Waals surface area (Å²) in [7, 11) is -2.37. The monoisotopic (exact) mass is 566 g/mol. The van der Waals surface area contributed by atoms with Crippen molar-refractivity contribution < 1.29 is 23.0 Å². The van der Waals surface area contributed by atoms with Gasteiger partial charge in [0.1, 0.15) is 17.6 Å². The quantitative estimate of drug-likeness (QED) is 0.287. The van der Waals surface area contributed by atoms with Crippen LogP contribution < -0.4 is 4.74 Å². The molecule has 0 saturated carbocycles. The number of hydrogen-bond donors (Lipinski definition) is 1. The molecule has 0 amide bonds. The average molecular weight is 567 g/mol. The number of hydrogen-bond acceptors (Lipinski definition) is 10. The predicted octanol–water partition coefficient (Wildman–Crippen LogP) is 3.50. The Labute approximate surface area is 234 Å². The highest BCUT2D eigenvalue weighted by Crippen LogP contribution is 2.33. The summed E-state index contributed by atoms with van der Waals surface area (Å²) in [5, 5.41) is 17.5. The van der Waals surface area contributed by atoms with Gasteiger partial charge >= 0.3 is 0 Å². The third kappa shape index (κ3) is 6.35. The number of pyridine rings is 1. The van der Waals surface area contributed by atoms with E-state index in [2.05, 4.69) is 25.1 Å². The van der Waals surface area contributed by atoms with Gasteiger partial charge in [0, 0.05) is 30.4 Å². The minimum Gasteiger partial charge on any atom is -0.495 e. The summed E-state index contributed by atoms with van der Waals surface area (Å²) in [6, 6.07) is 7.48. The summed E-state index contributed by atoms with van der Waals surface area (Å²) in [6.07, 6.45) is 4.78. The van der Waals surface area contributed by atoms with Crippen LogP contribution in [0.3, 0.4) is 0 Å². The van der Waals surface area contributed by atoms with Gasteiger partial charge in [-0.1, -0.05) is 12.1 Å². The van der Waals surface area contributed by atoms with Crippen LogP contribution in [0, 0.1) is 20.8 Å². The molecule has 1 aromatic carbocycles. The number of aryl methyl sites for hydroxylation is 3. The van der Waals surface area contributed by atoms with Gasteiger partial charge in [-0.2, -0.15) is 0 Å². The van der Waals surface area contributed by atoms with Crippen molar-refractivity contribution in [2.24, 2.45) is 0 Å². The van der Waals surface area contributed by atoms with E-state index in [9.17, 15) is 13.5 Å². The van der Waals surface area contributed by atoms with Crippen LogP contribution >= 0.6 is 0 Å². The molecule has 3 atom stereocenters. The number of aromatic nitrogens is 6. The first-order chi connectivity index (χ1) is 19.0. The van der Waals surface area contributed by atoms with Gasteiger partial charge < -0.3 is 14.6 Å². The molecule has 0 fully saturated rings. The molecule has 0 saturated heterocycles. The molecule has 1 N–H and O–H groups in total. The van der Waals surface area contributed by atoms with Gasteiger partial charge in [0.2, 0.25) is 0 Å². The Hall–Kier alpha value is -3.74. The molecule has 11 nitrogen and oxygen atoms in total. The van der Waals surface area contributed by atoms with Crippen molar-refractivity contribution in [3.63, 3.8) is 0 Å². The minimum absolute atomic E-state index is 0.0805. The third-order valence-corrected chi connectivity index (χ3v) is 8.44. The molecular formula is C28H34N6O5S. The minimum atomic E-state index is -3.93. The summed E-state index contributed by atoms with van der Waals surface area (Å²) in [4.78, 5) is 12.9. The highest BCUT2D eigenvalue weighted by atomic mass is 32.2. The molecule has 0 aliphatic carbocycles. The number of methoxy groups -OCH3 is 1. The van der Waals surface area contributed by atoms with Crippen LogP contribution in [0.4, 0.5) is 0 Å². The Morgan fingerprint density at radius 2 is 1.73 bits per heavy atom. The van der Waals surface area contributed by atoms with Crippen molar-refractivity contribution in [2.75, 3.05) is 13.7 Å². The normalized spacial score (nSPS) is 14.1. The van der Waals surface area contributed by atoms with E-state index in [-0.39, 0.29) is 18.3 Å². The summed E-state index contributed by atoms with van der Waals surface area (Å²) >= 11 is 0. The molecule has 40 heavy (non-hydrogen) atoms. The van der Waals surface area contributed by atoms with Crippen molar-refractivity contribution in [2.45, 2.75) is 57.8 Å². The number of benzene rings is 1. The number of aliphatic hydroxyl groups excluding tert-OH is 1. The topological polar surface area (TPSA) is 142 Å². The first-order valence-corrected chi connectivity index (χ1v) is 14.5. The second-order valence-electron chi connectivity index (χ2n) is 9.89. The number of nitrogens with zero attached hydrogens (tertiary/aromatic N) is 6. The van der Waals surface area contributed by atoms with E-state index in [1.807, 2.05) is 39.0 Å². The molecule has 0 radical (unpaired) electrons. The Bertz CT molecular complexity index is 1570. The maximum Gasteiger partial charge on any atom is 0.170 e. The highest BCUT2D eigenvalue weighted by Gasteiger charge is 2.36. The molecule has 0 unspecified atom stereocenters. The molecular weight excluding hydrogens is 532 g/mol. The van der Waals surface area contributed by atoms with Crippen molar-refractivity contribution in [1.82, 2.24) is 29.7 Å². The number of aliphatic hydroxyl groups is 1. The van der Waals surface area contributed by atoms with Crippen molar-refractivity contribution in [3.8, 4) is 22.8 Å². The fourth-order valence-electron chi connectivity index (χ4n) is 4.30. The number of para-hydroxylation sites is 1. The second kappa shape index (κ2) is 12.2. The van der Waals surface area contributed by atoms with Gasteiger partial charge in [-0.15, -0.1) is 10.2 Å². The standard InChI is InChI=1S/C28H34N6O5S/c1-17-10-22(14-29-11-17)28-33-32-24(34(28)25-19(3)8-7-9-23(25)38-6)16-40(36,37)21(5)26(39-15-20(4)35)27-30-12-18(2)13-31-27/h7-14,20-21,26,35H,15-16H2,1-6H3/t20-,21-,26+/m1/s1. The molecule has 0 bridgehead atoms. The van der Waals surface area contributed by atoms with Gasteiger partial charge in [0.25, 0.3) is 0 Å². The maximum absolute atomic E-state index is 13.9. The summed E-state index contributed by atoms with van der Waals surface area (Å²) in [5.74, 6) is 0.953. The summed E-state index contributed by atoms with van der Waals surface area (Å²) in [5.41, 5.74) is 3.91. The smallest absolute Gasteiger partial charge is 0.170 e. The molecule has 4 rings (SSSR count). The van der Waals surface area contributed by atoms with Gasteiger partial charge in [-0.25, -0.2) is 18.4 Å². The fraction of sp³-hybridized carbons (Fsp3) is 0.393. The van der Waals surface area contributed by atoms with Crippen molar-refractivity contribution in [1.29, 1.82) is 0 Å². The van der Waals surface area contributed by atoms with Crippen LogP contribution in [-0.2, 0) is 20.3 Å². The first-order valence-electron chi connectivity index (χ1n) is 12.8. The second-order valence-corrected chi connectivity index (χ2v) is 12.2. The van der Waals surface area contributed by atoms with Gasteiger partial charge in [-0.3, -0.25) is 9.55 Å². The van der Waals surface area contributed by atoms with E-state index in [0.29, 0.717) is 22.8 Å². The largest absolute Gasteiger partial charge is 0.495 e. The Balaban J connectivity index is 1.81. The van der Waals surface area contributed by atoms with Gasteiger partial charge in [0.15, 0.2) is 27.3 Å². The zero-order chi connectivity index (χ0) is 29.0. The van der Waals surface area contributed by atoms with Gasteiger partial charge in [0.05, 0.1) is 30.8 Å². The lowest BCUT2D eigenvalue weighted by atomic mass is 10.1. The van der Waals surface area contributed by atoms with Crippen molar-refractivity contribution >= 4 is 9.84 Å².